The topological polar surface area (TPSA) is 119 Å². The minimum absolute atomic E-state index is 0.00384. The molecule has 0 bridgehead atoms. The largest absolute Gasteiger partial charge is 0.494 e. The van der Waals surface area contributed by atoms with E-state index in [1.54, 1.807) is 43.3 Å². The Labute approximate surface area is 198 Å². The van der Waals surface area contributed by atoms with Crippen LogP contribution in [-0.4, -0.2) is 32.4 Å². The van der Waals surface area contributed by atoms with E-state index in [4.69, 9.17) is 4.74 Å². The first-order valence-corrected chi connectivity index (χ1v) is 11.9. The van der Waals surface area contributed by atoms with Crippen LogP contribution in [0.2, 0.25) is 0 Å². The summed E-state index contributed by atoms with van der Waals surface area (Å²) in [6, 6.07) is 16.8. The maximum Gasteiger partial charge on any atom is 0.271 e. The summed E-state index contributed by atoms with van der Waals surface area (Å²) in [5.41, 5.74) is 1.90. The Hall–Kier alpha value is -3.92. The maximum absolute atomic E-state index is 13.5. The van der Waals surface area contributed by atoms with E-state index < -0.39 is 27.4 Å². The summed E-state index contributed by atoms with van der Waals surface area (Å²) >= 11 is 0. The van der Waals surface area contributed by atoms with E-state index in [0.29, 0.717) is 23.6 Å². The zero-order valence-electron chi connectivity index (χ0n) is 19.0. The van der Waals surface area contributed by atoms with Crippen molar-refractivity contribution in [3.63, 3.8) is 0 Å². The SMILES string of the molecule is CCOc1ccc(S(=O)(=O)N(CC(=O)Nc2cc([N+](=O)[O-])ccc2C)c2ccc(C)cc2)cc1. The molecule has 0 aliphatic carbocycles. The number of carbonyl (C=O) groups excluding carboxylic acids is 1. The first-order chi connectivity index (χ1) is 16.1. The van der Waals surface area contributed by atoms with Gasteiger partial charge in [0.25, 0.3) is 15.7 Å². The minimum atomic E-state index is -4.11. The predicted molar refractivity (Wildman–Crippen MR) is 130 cm³/mol. The van der Waals surface area contributed by atoms with Crippen molar-refractivity contribution in [1.82, 2.24) is 0 Å². The van der Waals surface area contributed by atoms with E-state index in [1.807, 2.05) is 13.8 Å². The first kappa shape index (κ1) is 24.7. The van der Waals surface area contributed by atoms with Gasteiger partial charge in [-0.05, 0) is 62.7 Å². The van der Waals surface area contributed by atoms with E-state index in [1.165, 1.54) is 30.3 Å². The Kier molecular flexibility index (Phi) is 7.52. The molecule has 0 aliphatic rings. The van der Waals surface area contributed by atoms with Crippen molar-refractivity contribution in [2.75, 3.05) is 22.8 Å². The number of nitrogens with zero attached hydrogens (tertiary/aromatic N) is 2. The van der Waals surface area contributed by atoms with E-state index in [-0.39, 0.29) is 16.3 Å². The standard InChI is InChI=1S/C24H25N3O6S/c1-4-33-21-11-13-22(14-12-21)34(31,32)26(19-8-5-17(2)6-9-19)16-24(28)25-23-15-20(27(29)30)10-7-18(23)3/h5-15H,4,16H2,1-3H3,(H,25,28). The number of amides is 1. The van der Waals surface area contributed by atoms with Crippen molar-refractivity contribution in [3.05, 3.63) is 88.0 Å². The number of hydrogen-bond acceptors (Lipinski definition) is 6. The molecule has 10 heteroatoms. The van der Waals surface area contributed by atoms with Crippen LogP contribution in [0, 0.1) is 24.0 Å². The van der Waals surface area contributed by atoms with Gasteiger partial charge >= 0.3 is 0 Å². The molecule has 0 atom stereocenters. The van der Waals surface area contributed by atoms with Gasteiger partial charge in [-0.3, -0.25) is 19.2 Å². The Balaban J connectivity index is 1.94. The highest BCUT2D eigenvalue weighted by Crippen LogP contribution is 2.27. The number of nitro groups is 1. The molecular formula is C24H25N3O6S. The molecular weight excluding hydrogens is 458 g/mol. The molecule has 3 rings (SSSR count). The fourth-order valence-corrected chi connectivity index (χ4v) is 4.63. The van der Waals surface area contributed by atoms with Crippen LogP contribution in [0.15, 0.2) is 71.6 Å². The van der Waals surface area contributed by atoms with Crippen LogP contribution in [0.4, 0.5) is 17.1 Å². The minimum Gasteiger partial charge on any atom is -0.494 e. The Morgan fingerprint density at radius 3 is 2.26 bits per heavy atom. The Bertz CT molecular complexity index is 1290. The van der Waals surface area contributed by atoms with Gasteiger partial charge in [-0.1, -0.05) is 23.8 Å². The lowest BCUT2D eigenvalue weighted by atomic mass is 10.2. The number of benzene rings is 3. The number of sulfonamides is 1. The quantitative estimate of drug-likeness (QED) is 0.355. The lowest BCUT2D eigenvalue weighted by molar-refractivity contribution is -0.384. The average Bonchev–Trinajstić information content (AvgIpc) is 2.80. The number of anilines is 2. The van der Waals surface area contributed by atoms with Crippen molar-refractivity contribution in [2.24, 2.45) is 0 Å². The Morgan fingerprint density at radius 1 is 1.03 bits per heavy atom. The molecule has 1 N–H and O–H groups in total. The normalized spacial score (nSPS) is 11.0. The zero-order chi connectivity index (χ0) is 24.9. The molecule has 9 nitrogen and oxygen atoms in total. The number of non-ortho nitro benzene ring substituents is 1. The summed E-state index contributed by atoms with van der Waals surface area (Å²) in [6.45, 7) is 5.30. The molecule has 0 saturated carbocycles. The van der Waals surface area contributed by atoms with Crippen molar-refractivity contribution < 1.29 is 22.9 Å². The van der Waals surface area contributed by atoms with Crippen LogP contribution in [0.25, 0.3) is 0 Å². The number of nitro benzene ring substituents is 1. The molecule has 0 aromatic heterocycles. The summed E-state index contributed by atoms with van der Waals surface area (Å²) in [6.07, 6.45) is 0. The van der Waals surface area contributed by atoms with Crippen LogP contribution in [-0.2, 0) is 14.8 Å². The van der Waals surface area contributed by atoms with E-state index >= 15 is 0 Å². The number of aryl methyl sites for hydroxylation is 2. The summed E-state index contributed by atoms with van der Waals surface area (Å²) in [5, 5.41) is 13.7. The molecule has 0 radical (unpaired) electrons. The van der Waals surface area contributed by atoms with Crippen molar-refractivity contribution >= 4 is 33.0 Å². The number of nitrogens with one attached hydrogen (secondary N) is 1. The predicted octanol–water partition coefficient (Wildman–Crippen LogP) is 4.44. The van der Waals surface area contributed by atoms with Crippen molar-refractivity contribution in [3.8, 4) is 5.75 Å². The van der Waals surface area contributed by atoms with Crippen LogP contribution < -0.4 is 14.4 Å². The highest BCUT2D eigenvalue weighted by Gasteiger charge is 2.27. The highest BCUT2D eigenvalue weighted by molar-refractivity contribution is 7.92. The third kappa shape index (κ3) is 5.70. The number of carbonyl (C=O) groups is 1. The van der Waals surface area contributed by atoms with Gasteiger partial charge in [-0.25, -0.2) is 8.42 Å². The summed E-state index contributed by atoms with van der Waals surface area (Å²) in [4.78, 5) is 23.4. The number of hydrogen-bond donors (Lipinski definition) is 1. The fraction of sp³-hybridized carbons (Fsp3) is 0.208. The molecule has 3 aromatic carbocycles. The van der Waals surface area contributed by atoms with Crippen molar-refractivity contribution in [1.29, 1.82) is 0 Å². The van der Waals surface area contributed by atoms with Gasteiger partial charge in [0.1, 0.15) is 12.3 Å². The van der Waals surface area contributed by atoms with Gasteiger partial charge in [0.15, 0.2) is 0 Å². The lowest BCUT2D eigenvalue weighted by Gasteiger charge is -2.24. The smallest absolute Gasteiger partial charge is 0.271 e. The summed E-state index contributed by atoms with van der Waals surface area (Å²) < 4.78 is 33.4. The summed E-state index contributed by atoms with van der Waals surface area (Å²) in [7, 11) is -4.11. The second-order valence-electron chi connectivity index (χ2n) is 7.56. The van der Waals surface area contributed by atoms with Gasteiger partial charge in [0.05, 0.1) is 27.8 Å². The van der Waals surface area contributed by atoms with Gasteiger partial charge in [0.2, 0.25) is 5.91 Å². The highest BCUT2D eigenvalue weighted by atomic mass is 32.2. The molecule has 0 fully saturated rings. The third-order valence-corrected chi connectivity index (χ3v) is 6.83. The fourth-order valence-electron chi connectivity index (χ4n) is 3.21. The maximum atomic E-state index is 13.5. The molecule has 3 aromatic rings. The third-order valence-electron chi connectivity index (χ3n) is 5.04. The second kappa shape index (κ2) is 10.3. The zero-order valence-corrected chi connectivity index (χ0v) is 19.8. The molecule has 0 aliphatic heterocycles. The van der Waals surface area contributed by atoms with Gasteiger partial charge in [-0.15, -0.1) is 0 Å². The lowest BCUT2D eigenvalue weighted by Crippen LogP contribution is -2.38. The Morgan fingerprint density at radius 2 is 1.68 bits per heavy atom. The number of ether oxygens (including phenoxy) is 1. The molecule has 1 amide bonds. The van der Waals surface area contributed by atoms with Crippen LogP contribution in [0.3, 0.4) is 0 Å². The summed E-state index contributed by atoms with van der Waals surface area (Å²) in [5.74, 6) is -0.110. The molecule has 0 saturated heterocycles. The second-order valence-corrected chi connectivity index (χ2v) is 9.42. The molecule has 178 valence electrons. The number of rotatable bonds is 9. The van der Waals surface area contributed by atoms with Gasteiger partial charge < -0.3 is 10.1 Å². The van der Waals surface area contributed by atoms with Crippen LogP contribution in [0.5, 0.6) is 5.75 Å². The first-order valence-electron chi connectivity index (χ1n) is 10.5. The van der Waals surface area contributed by atoms with E-state index in [2.05, 4.69) is 5.32 Å². The average molecular weight is 484 g/mol. The molecule has 0 spiro atoms. The molecule has 34 heavy (non-hydrogen) atoms. The molecule has 0 unspecified atom stereocenters. The molecule has 0 heterocycles. The van der Waals surface area contributed by atoms with Gasteiger partial charge in [-0.2, -0.15) is 0 Å². The van der Waals surface area contributed by atoms with E-state index in [0.717, 1.165) is 9.87 Å². The van der Waals surface area contributed by atoms with Crippen molar-refractivity contribution in [2.45, 2.75) is 25.7 Å². The van der Waals surface area contributed by atoms with Crippen LogP contribution in [0.1, 0.15) is 18.1 Å². The van der Waals surface area contributed by atoms with Crippen LogP contribution >= 0.6 is 0 Å². The van der Waals surface area contributed by atoms with Gasteiger partial charge in [0, 0.05) is 12.1 Å². The monoisotopic (exact) mass is 483 g/mol. The van der Waals surface area contributed by atoms with E-state index in [9.17, 15) is 23.3 Å².